The number of carbonyl (C=O) groups excluding carboxylic acids is 2. The Balaban J connectivity index is 2.30. The minimum absolute atomic E-state index is 0.0764. The van der Waals surface area contributed by atoms with Gasteiger partial charge >= 0.3 is 5.97 Å². The van der Waals surface area contributed by atoms with Gasteiger partial charge in [0, 0.05) is 6.20 Å². The molecule has 0 aliphatic rings. The van der Waals surface area contributed by atoms with Gasteiger partial charge in [-0.25, -0.2) is 9.78 Å². The van der Waals surface area contributed by atoms with E-state index in [9.17, 15) is 14.4 Å². The number of allylic oxidation sites excluding steroid dienone is 1. The second-order valence-corrected chi connectivity index (χ2v) is 5.63. The number of rotatable bonds is 7. The first-order chi connectivity index (χ1) is 12.9. The van der Waals surface area contributed by atoms with E-state index in [0.717, 1.165) is 0 Å². The zero-order valence-corrected chi connectivity index (χ0v) is 15.0. The molecule has 1 aromatic heterocycles. The number of benzene rings is 1. The second kappa shape index (κ2) is 9.35. The Bertz CT molecular complexity index is 881. The maximum atomic E-state index is 12.6. The summed E-state index contributed by atoms with van der Waals surface area (Å²) < 4.78 is 5.09. The van der Waals surface area contributed by atoms with Gasteiger partial charge in [0.15, 0.2) is 6.61 Å². The summed E-state index contributed by atoms with van der Waals surface area (Å²) in [6.45, 7) is 1.12. The van der Waals surface area contributed by atoms with Crippen molar-refractivity contribution in [2.75, 3.05) is 17.2 Å². The number of ether oxygens (including phenoxy) is 1. The lowest BCUT2D eigenvalue weighted by Crippen LogP contribution is -2.18. The van der Waals surface area contributed by atoms with Crippen molar-refractivity contribution in [2.24, 2.45) is 0 Å². The molecule has 0 radical (unpaired) electrons. The van der Waals surface area contributed by atoms with E-state index in [1.807, 2.05) is 0 Å². The van der Waals surface area contributed by atoms with E-state index in [4.69, 9.17) is 21.4 Å². The van der Waals surface area contributed by atoms with Crippen LogP contribution in [0.1, 0.15) is 17.3 Å². The number of hydrogen-bond acceptors (Lipinski definition) is 5. The van der Waals surface area contributed by atoms with Crippen molar-refractivity contribution in [3.8, 4) is 5.75 Å². The SMILES string of the molecule is C/C=C/C(=O)Nc1ccc(OCC(=O)O)cc1C(=O)Nc1ccc(Cl)cn1. The number of nitrogens with zero attached hydrogens (tertiary/aromatic N) is 1. The predicted octanol–water partition coefficient (Wildman–Crippen LogP) is 2.97. The predicted molar refractivity (Wildman–Crippen MR) is 100 cm³/mol. The van der Waals surface area contributed by atoms with E-state index in [2.05, 4.69) is 15.6 Å². The zero-order valence-electron chi connectivity index (χ0n) is 14.2. The van der Waals surface area contributed by atoms with Gasteiger partial charge in [-0.1, -0.05) is 17.7 Å². The standard InChI is InChI=1S/C18H16ClN3O5/c1-2-3-16(23)21-14-6-5-12(27-10-17(24)25)8-13(14)18(26)22-15-7-4-11(19)9-20-15/h2-9H,10H2,1H3,(H,21,23)(H,24,25)(H,20,22,26)/b3-2+. The number of carboxylic acid groups (broad SMARTS) is 1. The number of halogens is 1. The minimum atomic E-state index is -1.16. The van der Waals surface area contributed by atoms with E-state index < -0.39 is 24.4 Å². The first-order valence-electron chi connectivity index (χ1n) is 7.74. The lowest BCUT2D eigenvalue weighted by molar-refractivity contribution is -0.139. The lowest BCUT2D eigenvalue weighted by atomic mass is 10.1. The van der Waals surface area contributed by atoms with Gasteiger partial charge in [0.2, 0.25) is 5.91 Å². The molecule has 1 aromatic carbocycles. The van der Waals surface area contributed by atoms with Crippen LogP contribution in [0.25, 0.3) is 0 Å². The molecule has 2 aromatic rings. The maximum Gasteiger partial charge on any atom is 0.341 e. The van der Waals surface area contributed by atoms with E-state index >= 15 is 0 Å². The fourth-order valence-corrected chi connectivity index (χ4v) is 2.13. The Morgan fingerprint density at radius 3 is 2.63 bits per heavy atom. The Morgan fingerprint density at radius 1 is 1.22 bits per heavy atom. The summed E-state index contributed by atoms with van der Waals surface area (Å²) in [6.07, 6.45) is 4.23. The van der Waals surface area contributed by atoms with E-state index in [1.165, 1.54) is 36.5 Å². The molecule has 0 spiro atoms. The molecule has 9 heteroatoms. The Kier molecular flexibility index (Phi) is 6.90. The fourth-order valence-electron chi connectivity index (χ4n) is 2.01. The number of nitrogens with one attached hydrogen (secondary N) is 2. The molecular formula is C18H16ClN3O5. The zero-order chi connectivity index (χ0) is 19.8. The van der Waals surface area contributed by atoms with Crippen molar-refractivity contribution in [1.82, 2.24) is 4.98 Å². The van der Waals surface area contributed by atoms with Gasteiger partial charge in [-0.05, 0) is 43.3 Å². The number of hydrogen-bond donors (Lipinski definition) is 3. The average Bonchev–Trinajstić information content (AvgIpc) is 2.62. The highest BCUT2D eigenvalue weighted by Gasteiger charge is 2.16. The molecule has 2 amide bonds. The van der Waals surface area contributed by atoms with Crippen molar-refractivity contribution in [3.63, 3.8) is 0 Å². The van der Waals surface area contributed by atoms with Crippen LogP contribution >= 0.6 is 11.6 Å². The number of amides is 2. The molecule has 0 atom stereocenters. The average molecular weight is 390 g/mol. The van der Waals surface area contributed by atoms with Crippen molar-refractivity contribution in [3.05, 3.63) is 59.3 Å². The van der Waals surface area contributed by atoms with Gasteiger partial charge in [-0.2, -0.15) is 0 Å². The third kappa shape index (κ3) is 6.12. The molecule has 27 heavy (non-hydrogen) atoms. The molecular weight excluding hydrogens is 374 g/mol. The molecule has 140 valence electrons. The third-order valence-electron chi connectivity index (χ3n) is 3.14. The van der Waals surface area contributed by atoms with E-state index in [0.29, 0.717) is 5.02 Å². The number of carbonyl (C=O) groups is 3. The molecule has 0 fully saturated rings. The Morgan fingerprint density at radius 2 is 2.00 bits per heavy atom. The summed E-state index contributed by atoms with van der Waals surface area (Å²) in [5.41, 5.74) is 0.305. The highest BCUT2D eigenvalue weighted by Crippen LogP contribution is 2.24. The molecule has 0 bridgehead atoms. The first-order valence-corrected chi connectivity index (χ1v) is 8.12. The van der Waals surface area contributed by atoms with Gasteiger partial charge in [0.1, 0.15) is 11.6 Å². The summed E-state index contributed by atoms with van der Waals surface area (Å²) in [4.78, 5) is 39.1. The minimum Gasteiger partial charge on any atom is -0.482 e. The first kappa shape index (κ1) is 19.9. The molecule has 8 nitrogen and oxygen atoms in total. The number of pyridine rings is 1. The summed E-state index contributed by atoms with van der Waals surface area (Å²) in [5.74, 6) is -1.73. The van der Waals surface area contributed by atoms with Gasteiger partial charge < -0.3 is 20.5 Å². The maximum absolute atomic E-state index is 12.6. The molecule has 1 heterocycles. The smallest absolute Gasteiger partial charge is 0.341 e. The van der Waals surface area contributed by atoms with Crippen molar-refractivity contribution < 1.29 is 24.2 Å². The molecule has 0 unspecified atom stereocenters. The molecule has 0 aliphatic heterocycles. The van der Waals surface area contributed by atoms with Crippen LogP contribution in [-0.2, 0) is 9.59 Å². The summed E-state index contributed by atoms with van der Waals surface area (Å²) in [7, 11) is 0. The van der Waals surface area contributed by atoms with Crippen LogP contribution in [0.5, 0.6) is 5.75 Å². The summed E-state index contributed by atoms with van der Waals surface area (Å²) in [6, 6.07) is 7.31. The fraction of sp³-hybridized carbons (Fsp3) is 0.111. The van der Waals surface area contributed by atoms with Crippen LogP contribution < -0.4 is 15.4 Å². The highest BCUT2D eigenvalue weighted by molar-refractivity contribution is 6.30. The van der Waals surface area contributed by atoms with Crippen molar-refractivity contribution in [1.29, 1.82) is 0 Å². The van der Waals surface area contributed by atoms with E-state index in [-0.39, 0.29) is 22.8 Å². The topological polar surface area (TPSA) is 118 Å². The lowest BCUT2D eigenvalue weighted by Gasteiger charge is -2.12. The second-order valence-electron chi connectivity index (χ2n) is 5.19. The number of anilines is 2. The van der Waals surface area contributed by atoms with Crippen molar-refractivity contribution in [2.45, 2.75) is 6.92 Å². The van der Waals surface area contributed by atoms with Gasteiger partial charge in [-0.3, -0.25) is 9.59 Å². The summed E-state index contributed by atoms with van der Waals surface area (Å²) in [5, 5.41) is 14.3. The number of aliphatic carboxylic acids is 1. The van der Waals surface area contributed by atoms with Crippen LogP contribution in [0.2, 0.25) is 5.02 Å². The normalized spacial score (nSPS) is 10.4. The molecule has 0 saturated heterocycles. The van der Waals surface area contributed by atoms with Gasteiger partial charge in [0.25, 0.3) is 5.91 Å². The van der Waals surface area contributed by atoms with Crippen LogP contribution in [0.3, 0.4) is 0 Å². The number of aromatic nitrogens is 1. The third-order valence-corrected chi connectivity index (χ3v) is 3.37. The van der Waals surface area contributed by atoms with Crippen LogP contribution in [0.4, 0.5) is 11.5 Å². The number of carboxylic acids is 1. The van der Waals surface area contributed by atoms with E-state index in [1.54, 1.807) is 19.1 Å². The van der Waals surface area contributed by atoms with Crippen LogP contribution in [0.15, 0.2) is 48.7 Å². The van der Waals surface area contributed by atoms with Gasteiger partial charge in [0.05, 0.1) is 16.3 Å². The molecule has 0 aliphatic carbocycles. The monoisotopic (exact) mass is 389 g/mol. The molecule has 0 saturated carbocycles. The molecule has 3 N–H and O–H groups in total. The Hall–Kier alpha value is -3.39. The van der Waals surface area contributed by atoms with Gasteiger partial charge in [-0.15, -0.1) is 0 Å². The summed E-state index contributed by atoms with van der Waals surface area (Å²) >= 11 is 5.76. The quantitative estimate of drug-likeness (QED) is 0.626. The van der Waals surface area contributed by atoms with Crippen molar-refractivity contribution >= 4 is 40.9 Å². The Labute approximate surface area is 159 Å². The van der Waals surface area contributed by atoms with Crippen LogP contribution in [-0.4, -0.2) is 34.5 Å². The molecule has 2 rings (SSSR count). The highest BCUT2D eigenvalue weighted by atomic mass is 35.5. The largest absolute Gasteiger partial charge is 0.482 e. The van der Waals surface area contributed by atoms with Crippen LogP contribution in [0, 0.1) is 0 Å².